The summed E-state index contributed by atoms with van der Waals surface area (Å²) in [6.45, 7) is 10.1. The number of hydrazine groups is 1. The molecule has 1 aliphatic heterocycles. The van der Waals surface area contributed by atoms with Gasteiger partial charge in [0.1, 0.15) is 6.10 Å². The van der Waals surface area contributed by atoms with Gasteiger partial charge < -0.3 is 9.47 Å². The summed E-state index contributed by atoms with van der Waals surface area (Å²) >= 11 is 0. The SMILES string of the molecule is CC(C)OC(=O)NN(CC1ON(c2ccccc2)C(=O)C1(C)C)C(=O)OC(C)C. The quantitative estimate of drug-likeness (QED) is 0.753. The average molecular weight is 407 g/mol. The molecule has 1 aliphatic rings. The number of nitrogens with zero attached hydrogens (tertiary/aromatic N) is 2. The monoisotopic (exact) mass is 407 g/mol. The minimum Gasteiger partial charge on any atom is -0.446 e. The number of hydrogen-bond donors (Lipinski definition) is 1. The summed E-state index contributed by atoms with van der Waals surface area (Å²) in [7, 11) is 0. The second-order valence-corrected chi connectivity index (χ2v) is 7.86. The zero-order valence-corrected chi connectivity index (χ0v) is 17.7. The van der Waals surface area contributed by atoms with Crippen LogP contribution < -0.4 is 10.5 Å². The van der Waals surface area contributed by atoms with Gasteiger partial charge >= 0.3 is 12.2 Å². The van der Waals surface area contributed by atoms with Crippen molar-refractivity contribution in [1.29, 1.82) is 0 Å². The van der Waals surface area contributed by atoms with Crippen LogP contribution in [0.5, 0.6) is 0 Å². The number of amides is 3. The molecule has 0 bridgehead atoms. The first-order valence-corrected chi connectivity index (χ1v) is 9.54. The molecule has 1 aromatic rings. The van der Waals surface area contributed by atoms with Gasteiger partial charge in [-0.2, -0.15) is 5.06 Å². The van der Waals surface area contributed by atoms with E-state index in [1.54, 1.807) is 65.8 Å². The Labute approximate surface area is 170 Å². The van der Waals surface area contributed by atoms with Crippen LogP contribution in [0.15, 0.2) is 30.3 Å². The van der Waals surface area contributed by atoms with Crippen molar-refractivity contribution in [1.82, 2.24) is 10.4 Å². The van der Waals surface area contributed by atoms with E-state index >= 15 is 0 Å². The molecule has 0 aliphatic carbocycles. The summed E-state index contributed by atoms with van der Waals surface area (Å²) in [4.78, 5) is 43.3. The summed E-state index contributed by atoms with van der Waals surface area (Å²) in [5, 5.41) is 2.18. The van der Waals surface area contributed by atoms with Gasteiger partial charge in [-0.25, -0.2) is 20.0 Å². The van der Waals surface area contributed by atoms with Crippen LogP contribution in [0.4, 0.5) is 15.3 Å². The van der Waals surface area contributed by atoms with Gasteiger partial charge in [0.05, 0.1) is 29.9 Å². The summed E-state index contributed by atoms with van der Waals surface area (Å²) in [6, 6.07) is 8.92. The van der Waals surface area contributed by atoms with Crippen molar-refractivity contribution in [3.05, 3.63) is 30.3 Å². The molecule has 0 saturated carbocycles. The molecular weight excluding hydrogens is 378 g/mol. The van der Waals surface area contributed by atoms with Crippen molar-refractivity contribution in [3.63, 3.8) is 0 Å². The Morgan fingerprint density at radius 2 is 1.72 bits per heavy atom. The third-order valence-electron chi connectivity index (χ3n) is 4.24. The standard InChI is InChI=1S/C20H29N3O6/c1-13(2)27-18(25)21-22(19(26)28-14(3)4)12-16-20(5,6)17(24)23(29-16)15-10-8-7-9-11-15/h7-11,13-14,16H,12H2,1-6H3,(H,21,25). The van der Waals surface area contributed by atoms with Gasteiger partial charge in [0.25, 0.3) is 5.91 Å². The molecule has 0 radical (unpaired) electrons. The largest absolute Gasteiger partial charge is 0.446 e. The first kappa shape index (κ1) is 22.5. The number of hydrogen-bond acceptors (Lipinski definition) is 6. The number of anilines is 1. The third kappa shape index (κ3) is 5.60. The van der Waals surface area contributed by atoms with Crippen LogP contribution in [0.25, 0.3) is 0 Å². The first-order chi connectivity index (χ1) is 13.5. The summed E-state index contributed by atoms with van der Waals surface area (Å²) in [5.74, 6) is -0.254. The van der Waals surface area contributed by atoms with Crippen LogP contribution >= 0.6 is 0 Å². The van der Waals surface area contributed by atoms with E-state index in [4.69, 9.17) is 14.3 Å². The zero-order valence-electron chi connectivity index (χ0n) is 17.7. The lowest BCUT2D eigenvalue weighted by molar-refractivity contribution is -0.124. The average Bonchev–Trinajstić information content (AvgIpc) is 2.84. The fourth-order valence-corrected chi connectivity index (χ4v) is 2.66. The number of benzene rings is 1. The minimum absolute atomic E-state index is 0.110. The zero-order chi connectivity index (χ0) is 21.8. The molecule has 3 amide bonds. The topological polar surface area (TPSA) is 97.4 Å². The Kier molecular flexibility index (Phi) is 7.07. The Balaban J connectivity index is 2.20. The molecule has 2 rings (SSSR count). The predicted octanol–water partition coefficient (Wildman–Crippen LogP) is 3.26. The van der Waals surface area contributed by atoms with E-state index in [0.717, 1.165) is 5.01 Å². The highest BCUT2D eigenvalue weighted by Crippen LogP contribution is 2.37. The molecule has 1 atom stereocenters. The van der Waals surface area contributed by atoms with Crippen molar-refractivity contribution in [2.24, 2.45) is 5.41 Å². The number of carbonyl (C=O) groups is 3. The predicted molar refractivity (Wildman–Crippen MR) is 106 cm³/mol. The van der Waals surface area contributed by atoms with E-state index in [1.165, 1.54) is 5.06 Å². The number of rotatable bonds is 5. The van der Waals surface area contributed by atoms with Crippen LogP contribution in [0.3, 0.4) is 0 Å². The lowest BCUT2D eigenvalue weighted by Crippen LogP contribution is -2.52. The molecule has 9 heteroatoms. The number of ether oxygens (including phenoxy) is 2. The van der Waals surface area contributed by atoms with Crippen LogP contribution in [-0.4, -0.2) is 48.0 Å². The van der Waals surface area contributed by atoms with Crippen LogP contribution in [0.2, 0.25) is 0 Å². The highest BCUT2D eigenvalue weighted by atomic mass is 16.7. The third-order valence-corrected chi connectivity index (χ3v) is 4.24. The fourth-order valence-electron chi connectivity index (χ4n) is 2.66. The molecule has 1 unspecified atom stereocenters. The molecule has 9 nitrogen and oxygen atoms in total. The van der Waals surface area contributed by atoms with E-state index < -0.39 is 29.8 Å². The lowest BCUT2D eigenvalue weighted by atomic mass is 9.86. The van der Waals surface area contributed by atoms with Gasteiger partial charge in [0.2, 0.25) is 0 Å². The Morgan fingerprint density at radius 3 is 2.28 bits per heavy atom. The summed E-state index contributed by atoms with van der Waals surface area (Å²) in [5.41, 5.74) is 2.01. The van der Waals surface area contributed by atoms with Gasteiger partial charge in [-0.3, -0.25) is 9.63 Å². The summed E-state index contributed by atoms with van der Waals surface area (Å²) < 4.78 is 10.2. The maximum atomic E-state index is 12.9. The molecule has 0 aromatic heterocycles. The second kappa shape index (κ2) is 9.13. The van der Waals surface area contributed by atoms with Crippen molar-refractivity contribution < 1.29 is 28.7 Å². The molecule has 0 spiro atoms. The number of hydroxylamine groups is 1. The second-order valence-electron chi connectivity index (χ2n) is 7.86. The van der Waals surface area contributed by atoms with Crippen molar-refractivity contribution >= 4 is 23.8 Å². The minimum atomic E-state index is -0.949. The van der Waals surface area contributed by atoms with Gasteiger partial charge in [0.15, 0.2) is 0 Å². The maximum Gasteiger partial charge on any atom is 0.429 e. The Bertz CT molecular complexity index is 735. The molecule has 1 N–H and O–H groups in total. The van der Waals surface area contributed by atoms with Crippen molar-refractivity contribution in [3.8, 4) is 0 Å². The van der Waals surface area contributed by atoms with Gasteiger partial charge in [-0.15, -0.1) is 0 Å². The van der Waals surface area contributed by atoms with Gasteiger partial charge in [-0.1, -0.05) is 18.2 Å². The van der Waals surface area contributed by atoms with Crippen molar-refractivity contribution in [2.75, 3.05) is 11.6 Å². The van der Waals surface area contributed by atoms with Gasteiger partial charge in [-0.05, 0) is 53.7 Å². The number of carbonyl (C=O) groups excluding carboxylic acids is 3. The maximum absolute atomic E-state index is 12.9. The fraction of sp³-hybridized carbons (Fsp3) is 0.550. The highest BCUT2D eigenvalue weighted by Gasteiger charge is 2.51. The normalized spacial score (nSPS) is 18.1. The molecule has 1 heterocycles. The van der Waals surface area contributed by atoms with Gasteiger partial charge in [0, 0.05) is 0 Å². The molecule has 1 aromatic carbocycles. The van der Waals surface area contributed by atoms with E-state index in [-0.39, 0.29) is 18.6 Å². The summed E-state index contributed by atoms with van der Waals surface area (Å²) in [6.07, 6.45) is -3.07. The van der Waals surface area contributed by atoms with Crippen LogP contribution in [0, 0.1) is 5.41 Å². The lowest BCUT2D eigenvalue weighted by Gasteiger charge is -2.29. The van der Waals surface area contributed by atoms with Crippen molar-refractivity contribution in [2.45, 2.75) is 59.9 Å². The molecular formula is C20H29N3O6. The molecule has 1 fully saturated rings. The smallest absolute Gasteiger partial charge is 0.429 e. The van der Waals surface area contributed by atoms with Crippen LogP contribution in [-0.2, 0) is 19.1 Å². The number of para-hydroxylation sites is 1. The Hall–Kier alpha value is -2.81. The molecule has 29 heavy (non-hydrogen) atoms. The first-order valence-electron chi connectivity index (χ1n) is 9.54. The van der Waals surface area contributed by atoms with E-state index in [1.807, 2.05) is 6.07 Å². The van der Waals surface area contributed by atoms with E-state index in [9.17, 15) is 14.4 Å². The highest BCUT2D eigenvalue weighted by molar-refractivity contribution is 5.97. The molecule has 160 valence electrons. The van der Waals surface area contributed by atoms with E-state index in [2.05, 4.69) is 5.43 Å². The number of nitrogens with one attached hydrogen (secondary N) is 1. The molecule has 1 saturated heterocycles. The van der Waals surface area contributed by atoms with E-state index in [0.29, 0.717) is 5.69 Å². The Morgan fingerprint density at radius 1 is 1.14 bits per heavy atom. The van der Waals surface area contributed by atoms with Crippen LogP contribution in [0.1, 0.15) is 41.5 Å².